The second-order valence-corrected chi connectivity index (χ2v) is 8.96. The minimum absolute atomic E-state index is 0.00107. The lowest BCUT2D eigenvalue weighted by Gasteiger charge is -2.34. The molecule has 1 aromatic carbocycles. The standard InChI is InChI=1S/C23H31N5O4/c1-15(2)28-21(24-25(3)23(28)31)16-7-6-10-26(13-16)22(30)17-11-20(29)27(14-17)18-8-5-9-19(12-18)32-4/h5,8-9,12,15-17H,6-7,10-11,13-14H2,1-4H3. The maximum atomic E-state index is 13.3. The van der Waals surface area contributed by atoms with Crippen molar-refractivity contribution in [1.82, 2.24) is 19.2 Å². The number of carbonyl (C=O) groups is 2. The molecule has 0 N–H and O–H groups in total. The third-order valence-corrected chi connectivity index (χ3v) is 6.44. The zero-order chi connectivity index (χ0) is 23.0. The highest BCUT2D eigenvalue weighted by atomic mass is 16.5. The van der Waals surface area contributed by atoms with Crippen LogP contribution in [0.5, 0.6) is 5.75 Å². The van der Waals surface area contributed by atoms with E-state index in [1.807, 2.05) is 43.0 Å². The Balaban J connectivity index is 1.49. The lowest BCUT2D eigenvalue weighted by Crippen LogP contribution is -2.43. The Hall–Kier alpha value is -3.10. The van der Waals surface area contributed by atoms with Gasteiger partial charge in [-0.25, -0.2) is 9.48 Å². The summed E-state index contributed by atoms with van der Waals surface area (Å²) in [5.41, 5.74) is 0.615. The number of hydrogen-bond donors (Lipinski definition) is 0. The summed E-state index contributed by atoms with van der Waals surface area (Å²) in [5, 5.41) is 4.48. The first-order chi connectivity index (χ1) is 15.3. The van der Waals surface area contributed by atoms with Crippen molar-refractivity contribution in [3.8, 4) is 5.75 Å². The van der Waals surface area contributed by atoms with Crippen molar-refractivity contribution in [1.29, 1.82) is 0 Å². The Bertz CT molecular complexity index is 1070. The molecule has 9 heteroatoms. The molecule has 2 saturated heterocycles. The molecule has 2 atom stereocenters. The van der Waals surface area contributed by atoms with Gasteiger partial charge in [-0.1, -0.05) is 6.07 Å². The van der Waals surface area contributed by atoms with E-state index in [1.165, 1.54) is 4.68 Å². The van der Waals surface area contributed by atoms with Gasteiger partial charge < -0.3 is 14.5 Å². The smallest absolute Gasteiger partial charge is 0.345 e. The largest absolute Gasteiger partial charge is 0.497 e. The molecule has 2 unspecified atom stereocenters. The normalized spacial score (nSPS) is 21.5. The summed E-state index contributed by atoms with van der Waals surface area (Å²) in [6, 6.07) is 7.34. The first-order valence-electron chi connectivity index (χ1n) is 11.2. The van der Waals surface area contributed by atoms with Gasteiger partial charge in [0.05, 0.1) is 13.0 Å². The Morgan fingerprint density at radius 2 is 2.00 bits per heavy atom. The Morgan fingerprint density at radius 3 is 2.72 bits per heavy atom. The van der Waals surface area contributed by atoms with E-state index in [2.05, 4.69) is 5.10 Å². The summed E-state index contributed by atoms with van der Waals surface area (Å²) in [4.78, 5) is 42.0. The number of carbonyl (C=O) groups excluding carboxylic acids is 2. The predicted octanol–water partition coefficient (Wildman–Crippen LogP) is 1.93. The number of aryl methyl sites for hydroxylation is 1. The van der Waals surface area contributed by atoms with Gasteiger partial charge in [-0.05, 0) is 38.8 Å². The maximum Gasteiger partial charge on any atom is 0.345 e. The Kier molecular flexibility index (Phi) is 6.08. The van der Waals surface area contributed by atoms with E-state index in [-0.39, 0.29) is 41.8 Å². The molecular weight excluding hydrogens is 410 g/mol. The lowest BCUT2D eigenvalue weighted by molar-refractivity contribution is -0.137. The van der Waals surface area contributed by atoms with E-state index >= 15 is 0 Å². The maximum absolute atomic E-state index is 13.3. The van der Waals surface area contributed by atoms with Crippen molar-refractivity contribution in [3.63, 3.8) is 0 Å². The average Bonchev–Trinajstić information content (AvgIpc) is 3.33. The van der Waals surface area contributed by atoms with Gasteiger partial charge in [-0.15, -0.1) is 0 Å². The van der Waals surface area contributed by atoms with Crippen LogP contribution in [-0.2, 0) is 16.6 Å². The van der Waals surface area contributed by atoms with Gasteiger partial charge in [-0.3, -0.25) is 14.2 Å². The fourth-order valence-corrected chi connectivity index (χ4v) is 4.81. The van der Waals surface area contributed by atoms with Crippen LogP contribution in [-0.4, -0.2) is 57.8 Å². The summed E-state index contributed by atoms with van der Waals surface area (Å²) in [6.45, 7) is 5.49. The quantitative estimate of drug-likeness (QED) is 0.707. The van der Waals surface area contributed by atoms with E-state index in [0.717, 1.165) is 24.4 Å². The van der Waals surface area contributed by atoms with Gasteiger partial charge in [0.2, 0.25) is 11.8 Å². The monoisotopic (exact) mass is 441 g/mol. The molecule has 9 nitrogen and oxygen atoms in total. The van der Waals surface area contributed by atoms with E-state index < -0.39 is 0 Å². The van der Waals surface area contributed by atoms with Crippen LogP contribution in [0.2, 0.25) is 0 Å². The van der Waals surface area contributed by atoms with Crippen molar-refractivity contribution < 1.29 is 14.3 Å². The zero-order valence-electron chi connectivity index (χ0n) is 19.2. The van der Waals surface area contributed by atoms with Crippen LogP contribution in [0, 0.1) is 5.92 Å². The van der Waals surface area contributed by atoms with Crippen LogP contribution < -0.4 is 15.3 Å². The van der Waals surface area contributed by atoms with Crippen LogP contribution in [0.25, 0.3) is 0 Å². The Morgan fingerprint density at radius 1 is 1.22 bits per heavy atom. The van der Waals surface area contributed by atoms with Crippen molar-refractivity contribution in [2.45, 2.75) is 45.1 Å². The van der Waals surface area contributed by atoms with Gasteiger partial charge in [0.15, 0.2) is 0 Å². The molecule has 0 spiro atoms. The molecule has 0 aliphatic carbocycles. The van der Waals surface area contributed by atoms with Gasteiger partial charge >= 0.3 is 5.69 Å². The van der Waals surface area contributed by atoms with Gasteiger partial charge in [-0.2, -0.15) is 5.10 Å². The highest BCUT2D eigenvalue weighted by Crippen LogP contribution is 2.31. The number of aromatic nitrogens is 3. The average molecular weight is 442 g/mol. The number of methoxy groups -OCH3 is 1. The molecule has 2 fully saturated rings. The molecule has 2 amide bonds. The van der Waals surface area contributed by atoms with E-state index in [0.29, 0.717) is 25.4 Å². The fourth-order valence-electron chi connectivity index (χ4n) is 4.81. The summed E-state index contributed by atoms with van der Waals surface area (Å²) in [5.74, 6) is 1.01. The van der Waals surface area contributed by atoms with Crippen LogP contribution in [0.3, 0.4) is 0 Å². The number of ether oxygens (including phenoxy) is 1. The van der Waals surface area contributed by atoms with Gasteiger partial charge in [0.1, 0.15) is 11.6 Å². The minimum atomic E-state index is -0.372. The molecule has 0 radical (unpaired) electrons. The molecule has 0 bridgehead atoms. The first-order valence-corrected chi connectivity index (χ1v) is 11.2. The Labute approximate surface area is 187 Å². The van der Waals surface area contributed by atoms with Crippen LogP contribution in [0.4, 0.5) is 5.69 Å². The van der Waals surface area contributed by atoms with Gasteiger partial charge in [0, 0.05) is 56.8 Å². The number of anilines is 1. The SMILES string of the molecule is COc1cccc(N2CC(C(=O)N3CCCC(c4nn(C)c(=O)n4C(C)C)C3)CC2=O)c1. The van der Waals surface area contributed by atoms with Crippen LogP contribution in [0.1, 0.15) is 50.9 Å². The molecule has 0 saturated carbocycles. The number of rotatable bonds is 5. The summed E-state index contributed by atoms with van der Waals surface area (Å²) >= 11 is 0. The molecule has 2 aliphatic rings. The molecule has 172 valence electrons. The number of likely N-dealkylation sites (tertiary alicyclic amines) is 1. The highest BCUT2D eigenvalue weighted by Gasteiger charge is 2.39. The number of benzene rings is 1. The van der Waals surface area contributed by atoms with Crippen LogP contribution in [0.15, 0.2) is 29.1 Å². The second kappa shape index (κ2) is 8.80. The predicted molar refractivity (Wildman–Crippen MR) is 120 cm³/mol. The third kappa shape index (κ3) is 4.03. The topological polar surface area (TPSA) is 89.7 Å². The zero-order valence-corrected chi connectivity index (χ0v) is 19.2. The molecule has 3 heterocycles. The van der Waals surface area contributed by atoms with Crippen molar-refractivity contribution in [3.05, 3.63) is 40.6 Å². The molecule has 2 aliphatic heterocycles. The van der Waals surface area contributed by atoms with Crippen molar-refractivity contribution in [2.24, 2.45) is 13.0 Å². The lowest BCUT2D eigenvalue weighted by atomic mass is 9.95. The summed E-state index contributed by atoms with van der Waals surface area (Å²) < 4.78 is 8.36. The first kappa shape index (κ1) is 22.1. The van der Waals surface area contributed by atoms with Gasteiger partial charge in [0.25, 0.3) is 0 Å². The van der Waals surface area contributed by atoms with Crippen LogP contribution >= 0.6 is 0 Å². The number of hydrogen-bond acceptors (Lipinski definition) is 5. The van der Waals surface area contributed by atoms with E-state index in [1.54, 1.807) is 23.6 Å². The molecule has 32 heavy (non-hydrogen) atoms. The number of piperidine rings is 1. The van der Waals surface area contributed by atoms with E-state index in [4.69, 9.17) is 4.74 Å². The molecule has 1 aromatic heterocycles. The number of nitrogens with zero attached hydrogens (tertiary/aromatic N) is 5. The summed E-state index contributed by atoms with van der Waals surface area (Å²) in [6.07, 6.45) is 1.93. The van der Waals surface area contributed by atoms with Crippen molar-refractivity contribution in [2.75, 3.05) is 31.6 Å². The highest BCUT2D eigenvalue weighted by molar-refractivity contribution is 6.00. The summed E-state index contributed by atoms with van der Waals surface area (Å²) in [7, 11) is 3.25. The molecule has 4 rings (SSSR count). The minimum Gasteiger partial charge on any atom is -0.497 e. The molecular formula is C23H31N5O4. The fraction of sp³-hybridized carbons (Fsp3) is 0.565. The molecule has 2 aromatic rings. The van der Waals surface area contributed by atoms with E-state index in [9.17, 15) is 14.4 Å². The second-order valence-electron chi connectivity index (χ2n) is 8.96. The number of amides is 2. The third-order valence-electron chi connectivity index (χ3n) is 6.44. The van der Waals surface area contributed by atoms with Crippen molar-refractivity contribution >= 4 is 17.5 Å².